The lowest BCUT2D eigenvalue weighted by Gasteiger charge is -2.23. The molecule has 1 amide bonds. The Bertz CT molecular complexity index is 1540. The Labute approximate surface area is 224 Å². The zero-order chi connectivity index (χ0) is 26.1. The number of likely N-dealkylation sites (tertiary alicyclic amines) is 1. The predicted molar refractivity (Wildman–Crippen MR) is 144 cm³/mol. The van der Waals surface area contributed by atoms with Crippen LogP contribution in [0.4, 0.5) is 0 Å². The highest BCUT2D eigenvalue weighted by Gasteiger charge is 2.33. The predicted octanol–water partition coefficient (Wildman–Crippen LogP) is 5.98. The third kappa shape index (κ3) is 4.90. The van der Waals surface area contributed by atoms with Gasteiger partial charge in [-0.2, -0.15) is 0 Å². The smallest absolute Gasteiger partial charge is 0.254 e. The first-order chi connectivity index (χ1) is 18.5. The molecule has 1 fully saturated rings. The van der Waals surface area contributed by atoms with Gasteiger partial charge < -0.3 is 19.5 Å². The van der Waals surface area contributed by atoms with Crippen molar-refractivity contribution in [3.05, 3.63) is 100 Å². The number of nitrogens with two attached hydrogens (primary N) is 1. The Hall–Kier alpha value is -4.08. The Balaban J connectivity index is 1.33. The average Bonchev–Trinajstić information content (AvgIpc) is 3.75. The normalized spacial score (nSPS) is 16.2. The number of amides is 1. The largest absolute Gasteiger partial charge is 0.445 e. The molecule has 2 aromatic carbocycles. The van der Waals surface area contributed by atoms with Crippen LogP contribution in [0.2, 0.25) is 0 Å². The van der Waals surface area contributed by atoms with Crippen LogP contribution in [-0.2, 0) is 6.42 Å². The second-order valence-corrected chi connectivity index (χ2v) is 10.4. The van der Waals surface area contributed by atoms with Crippen molar-refractivity contribution < 1.29 is 13.6 Å². The van der Waals surface area contributed by atoms with Gasteiger partial charge in [-0.25, -0.2) is 15.0 Å². The monoisotopic (exact) mass is 525 g/mol. The number of carbonyl (C=O) groups excluding carboxylic acids is 1. The van der Waals surface area contributed by atoms with E-state index in [9.17, 15) is 4.79 Å². The number of benzene rings is 2. The lowest BCUT2D eigenvalue weighted by Crippen LogP contribution is -2.30. The minimum absolute atomic E-state index is 0.0284. The van der Waals surface area contributed by atoms with Gasteiger partial charge >= 0.3 is 0 Å². The van der Waals surface area contributed by atoms with Crippen molar-refractivity contribution >= 4 is 17.2 Å². The van der Waals surface area contributed by atoms with Gasteiger partial charge in [-0.05, 0) is 49.9 Å². The van der Waals surface area contributed by atoms with Gasteiger partial charge in [-0.1, -0.05) is 30.3 Å². The van der Waals surface area contributed by atoms with Gasteiger partial charge in [0.15, 0.2) is 0 Å². The van der Waals surface area contributed by atoms with Crippen molar-refractivity contribution in [1.82, 2.24) is 19.9 Å². The number of nitrogens with zero attached hydrogens (tertiary/aromatic N) is 4. The summed E-state index contributed by atoms with van der Waals surface area (Å²) in [5, 5.41) is 3.00. The summed E-state index contributed by atoms with van der Waals surface area (Å²) in [5.74, 6) is 1.32. The van der Waals surface area contributed by atoms with E-state index in [4.69, 9.17) is 14.6 Å². The molecule has 5 aromatic rings. The van der Waals surface area contributed by atoms with E-state index in [0.29, 0.717) is 47.2 Å². The van der Waals surface area contributed by atoms with Gasteiger partial charge in [0.1, 0.15) is 17.0 Å². The third-order valence-electron chi connectivity index (χ3n) is 6.73. The Kier molecular flexibility index (Phi) is 6.61. The molecule has 2 atom stereocenters. The first kappa shape index (κ1) is 24.3. The maximum Gasteiger partial charge on any atom is 0.254 e. The molecular weight excluding hydrogens is 498 g/mol. The summed E-state index contributed by atoms with van der Waals surface area (Å²) in [6.45, 7) is 2.65. The van der Waals surface area contributed by atoms with Crippen molar-refractivity contribution in [3.8, 4) is 22.9 Å². The zero-order valence-electron chi connectivity index (χ0n) is 20.9. The van der Waals surface area contributed by atoms with Crippen molar-refractivity contribution in [2.24, 2.45) is 5.73 Å². The molecule has 2 N–H and O–H groups in total. The highest BCUT2D eigenvalue weighted by atomic mass is 32.1. The molecule has 1 aliphatic heterocycles. The fraction of sp³-hybridized carbons (Fsp3) is 0.241. The topological polar surface area (TPSA) is 111 Å². The van der Waals surface area contributed by atoms with Crippen LogP contribution in [0.3, 0.4) is 0 Å². The number of aromatic nitrogens is 3. The average molecular weight is 526 g/mol. The number of hydrogen-bond acceptors (Lipinski definition) is 8. The van der Waals surface area contributed by atoms with Crippen LogP contribution < -0.4 is 5.73 Å². The number of carbonyl (C=O) groups is 1. The summed E-state index contributed by atoms with van der Waals surface area (Å²) in [4.78, 5) is 29.2. The molecule has 0 spiro atoms. The van der Waals surface area contributed by atoms with Crippen LogP contribution in [0.15, 0.2) is 81.4 Å². The standard InChI is InChI=1S/C29H27N5O3S/c1-18-17-38-28(33-18)24-8-5-10-34(24)29(35)22-14-20(26-31-9-11-36-26)13-21(15-22)27-32-16-25(37-27)23(30)12-19-6-3-2-4-7-19/h2-4,6-7,9,11,13-17,23-24H,5,8,10,12,30H2,1H3/t23-,24+/m0/s1. The molecule has 9 heteroatoms. The molecule has 1 saturated heterocycles. The van der Waals surface area contributed by atoms with Gasteiger partial charge in [0.25, 0.3) is 5.91 Å². The SMILES string of the molecule is Cc1csc([C@H]2CCCN2C(=O)c2cc(-c3ncco3)cc(-c3ncc([C@@H](N)Cc4ccccc4)o3)c2)n1. The van der Waals surface area contributed by atoms with Crippen molar-refractivity contribution in [3.63, 3.8) is 0 Å². The second kappa shape index (κ2) is 10.4. The molecule has 6 rings (SSSR count). The van der Waals surface area contributed by atoms with Crippen LogP contribution in [0.25, 0.3) is 22.9 Å². The van der Waals surface area contributed by atoms with Gasteiger partial charge in [0.2, 0.25) is 11.8 Å². The summed E-state index contributed by atoms with van der Waals surface area (Å²) in [5.41, 5.74) is 10.4. The van der Waals surface area contributed by atoms with E-state index in [-0.39, 0.29) is 18.0 Å². The Morgan fingerprint density at radius 2 is 1.97 bits per heavy atom. The summed E-state index contributed by atoms with van der Waals surface area (Å²) in [6, 6.07) is 15.1. The van der Waals surface area contributed by atoms with Crippen LogP contribution >= 0.6 is 11.3 Å². The van der Waals surface area contributed by atoms with Crippen LogP contribution in [0.1, 0.15) is 57.3 Å². The molecule has 0 aliphatic carbocycles. The summed E-state index contributed by atoms with van der Waals surface area (Å²) < 4.78 is 11.7. The first-order valence-corrected chi connectivity index (χ1v) is 13.5. The summed E-state index contributed by atoms with van der Waals surface area (Å²) in [7, 11) is 0. The van der Waals surface area contributed by atoms with Crippen LogP contribution in [0, 0.1) is 6.92 Å². The number of aryl methyl sites for hydroxylation is 1. The lowest BCUT2D eigenvalue weighted by molar-refractivity contribution is 0.0735. The Morgan fingerprint density at radius 3 is 2.71 bits per heavy atom. The van der Waals surface area contributed by atoms with E-state index in [2.05, 4.69) is 15.0 Å². The van der Waals surface area contributed by atoms with E-state index in [1.807, 2.05) is 65.7 Å². The van der Waals surface area contributed by atoms with E-state index in [1.54, 1.807) is 23.7 Å². The van der Waals surface area contributed by atoms with Crippen molar-refractivity contribution in [2.75, 3.05) is 6.54 Å². The number of hydrogen-bond donors (Lipinski definition) is 1. The molecule has 38 heavy (non-hydrogen) atoms. The first-order valence-electron chi connectivity index (χ1n) is 12.6. The molecule has 4 heterocycles. The van der Waals surface area contributed by atoms with Crippen molar-refractivity contribution in [2.45, 2.75) is 38.3 Å². The lowest BCUT2D eigenvalue weighted by atomic mass is 10.0. The number of oxazole rings is 2. The quantitative estimate of drug-likeness (QED) is 0.278. The highest BCUT2D eigenvalue weighted by molar-refractivity contribution is 7.09. The maximum absolute atomic E-state index is 13.8. The second-order valence-electron chi connectivity index (χ2n) is 9.48. The molecular formula is C29H27N5O3S. The molecule has 0 unspecified atom stereocenters. The van der Waals surface area contributed by atoms with E-state index < -0.39 is 0 Å². The van der Waals surface area contributed by atoms with Crippen LogP contribution in [-0.4, -0.2) is 32.3 Å². The number of rotatable bonds is 7. The van der Waals surface area contributed by atoms with E-state index in [0.717, 1.165) is 29.1 Å². The molecule has 192 valence electrons. The van der Waals surface area contributed by atoms with Gasteiger partial charge in [0, 0.05) is 34.3 Å². The number of thiazole rings is 1. The van der Waals surface area contributed by atoms with Crippen molar-refractivity contribution in [1.29, 1.82) is 0 Å². The van der Waals surface area contributed by atoms with E-state index >= 15 is 0 Å². The minimum Gasteiger partial charge on any atom is -0.445 e. The zero-order valence-corrected chi connectivity index (χ0v) is 21.7. The minimum atomic E-state index is -0.346. The molecule has 0 saturated carbocycles. The van der Waals surface area contributed by atoms with E-state index in [1.165, 1.54) is 6.26 Å². The highest BCUT2D eigenvalue weighted by Crippen LogP contribution is 2.36. The third-order valence-corrected chi connectivity index (χ3v) is 7.79. The molecule has 3 aromatic heterocycles. The fourth-order valence-corrected chi connectivity index (χ4v) is 5.82. The molecule has 1 aliphatic rings. The summed E-state index contributed by atoms with van der Waals surface area (Å²) in [6.07, 6.45) is 7.20. The molecule has 0 radical (unpaired) electrons. The molecule has 0 bridgehead atoms. The molecule has 8 nitrogen and oxygen atoms in total. The Morgan fingerprint density at radius 1 is 1.16 bits per heavy atom. The van der Waals surface area contributed by atoms with Gasteiger partial charge in [0.05, 0.1) is 24.5 Å². The van der Waals surface area contributed by atoms with Gasteiger partial charge in [-0.3, -0.25) is 4.79 Å². The maximum atomic E-state index is 13.8. The fourth-order valence-electron chi connectivity index (χ4n) is 4.88. The van der Waals surface area contributed by atoms with Gasteiger partial charge in [-0.15, -0.1) is 11.3 Å². The van der Waals surface area contributed by atoms with Crippen LogP contribution in [0.5, 0.6) is 0 Å². The summed E-state index contributed by atoms with van der Waals surface area (Å²) >= 11 is 1.60.